The summed E-state index contributed by atoms with van der Waals surface area (Å²) in [6, 6.07) is 23.7. The van der Waals surface area contributed by atoms with Gasteiger partial charge in [-0.3, -0.25) is 0 Å². The van der Waals surface area contributed by atoms with Crippen molar-refractivity contribution in [3.8, 4) is 17.0 Å². The molecule has 0 aliphatic rings. The zero-order chi connectivity index (χ0) is 19.1. The summed E-state index contributed by atoms with van der Waals surface area (Å²) in [5.74, 6) is -0.185. The summed E-state index contributed by atoms with van der Waals surface area (Å²) in [4.78, 5) is 18.6. The number of rotatable bonds is 3. The van der Waals surface area contributed by atoms with Gasteiger partial charge < -0.3 is 14.8 Å². The molecule has 4 aromatic rings. The number of fused-ring (bicyclic) bond motifs is 1. The van der Waals surface area contributed by atoms with Crippen LogP contribution in [0, 0.1) is 6.07 Å². The van der Waals surface area contributed by atoms with Gasteiger partial charge >= 0.3 is 5.97 Å². The van der Waals surface area contributed by atoms with Crippen LogP contribution in [0.2, 0.25) is 0 Å². The van der Waals surface area contributed by atoms with Crippen molar-refractivity contribution in [2.45, 2.75) is 0 Å². The maximum absolute atomic E-state index is 10.6. The van der Waals surface area contributed by atoms with Crippen molar-refractivity contribution in [2.75, 3.05) is 7.11 Å². The van der Waals surface area contributed by atoms with Gasteiger partial charge in [-0.05, 0) is 23.2 Å². The summed E-state index contributed by atoms with van der Waals surface area (Å²) in [6.45, 7) is 0. The second-order valence-corrected chi connectivity index (χ2v) is 5.58. The molecule has 0 saturated heterocycles. The SMILES string of the molecule is COc1c[c-]c(-c2ccccn2)cc1.O=C(O)c1cc2ccccc2cn1.[Ir]. The van der Waals surface area contributed by atoms with Gasteiger partial charge in [0.05, 0.1) is 7.11 Å². The molecule has 6 heteroatoms. The zero-order valence-corrected chi connectivity index (χ0v) is 17.4. The van der Waals surface area contributed by atoms with Gasteiger partial charge in [-0.25, -0.2) is 9.78 Å². The van der Waals surface area contributed by atoms with Gasteiger partial charge in [0.1, 0.15) is 5.69 Å². The number of hydrogen-bond donors (Lipinski definition) is 1. The van der Waals surface area contributed by atoms with Crippen LogP contribution in [-0.2, 0) is 20.1 Å². The van der Waals surface area contributed by atoms with Crippen molar-refractivity contribution in [1.29, 1.82) is 0 Å². The number of pyridine rings is 2. The van der Waals surface area contributed by atoms with E-state index in [-0.39, 0.29) is 25.8 Å². The predicted molar refractivity (Wildman–Crippen MR) is 104 cm³/mol. The van der Waals surface area contributed by atoms with Gasteiger partial charge in [-0.15, -0.1) is 29.8 Å². The van der Waals surface area contributed by atoms with Crippen molar-refractivity contribution in [1.82, 2.24) is 9.97 Å². The topological polar surface area (TPSA) is 72.3 Å². The van der Waals surface area contributed by atoms with Crippen LogP contribution in [0.15, 0.2) is 79.1 Å². The Balaban J connectivity index is 0.000000194. The number of benzene rings is 2. The molecule has 143 valence electrons. The Kier molecular flexibility index (Phi) is 7.81. The van der Waals surface area contributed by atoms with Gasteiger partial charge in [0.25, 0.3) is 0 Å². The van der Waals surface area contributed by atoms with E-state index in [4.69, 9.17) is 9.84 Å². The molecule has 0 aliphatic heterocycles. The minimum absolute atomic E-state index is 0. The van der Waals surface area contributed by atoms with Crippen molar-refractivity contribution >= 4 is 16.7 Å². The molecule has 28 heavy (non-hydrogen) atoms. The minimum Gasteiger partial charge on any atom is -0.540 e. The van der Waals surface area contributed by atoms with Crippen molar-refractivity contribution in [3.63, 3.8) is 0 Å². The van der Waals surface area contributed by atoms with E-state index in [9.17, 15) is 4.79 Å². The molecule has 0 bridgehead atoms. The van der Waals surface area contributed by atoms with Crippen molar-refractivity contribution < 1.29 is 34.7 Å². The summed E-state index contributed by atoms with van der Waals surface area (Å²) in [6.07, 6.45) is 3.34. The van der Waals surface area contributed by atoms with Crippen molar-refractivity contribution in [3.05, 3.63) is 90.9 Å². The molecule has 4 rings (SSSR count). The molecule has 0 saturated carbocycles. The number of aromatic nitrogens is 2. The normalized spacial score (nSPS) is 9.61. The van der Waals surface area contributed by atoms with E-state index in [2.05, 4.69) is 16.0 Å². The smallest absolute Gasteiger partial charge is 0.354 e. The summed E-state index contributed by atoms with van der Waals surface area (Å²) >= 11 is 0. The number of carboxylic acid groups (broad SMARTS) is 1. The number of nitrogens with zero attached hydrogens (tertiary/aromatic N) is 2. The predicted octanol–water partition coefficient (Wildman–Crippen LogP) is 4.49. The van der Waals surface area contributed by atoms with E-state index in [0.29, 0.717) is 0 Å². The third kappa shape index (κ3) is 5.46. The molecule has 2 heterocycles. The Morgan fingerprint density at radius 1 is 1.00 bits per heavy atom. The van der Waals surface area contributed by atoms with E-state index >= 15 is 0 Å². The third-order valence-electron chi connectivity index (χ3n) is 3.81. The van der Waals surface area contributed by atoms with Crippen LogP contribution in [0.1, 0.15) is 10.5 Å². The fourth-order valence-corrected chi connectivity index (χ4v) is 2.42. The second kappa shape index (κ2) is 10.3. The molecule has 1 radical (unpaired) electrons. The number of ether oxygens (including phenoxy) is 1. The molecular formula is C22H17IrN2O3-. The molecule has 1 N–H and O–H groups in total. The Bertz CT molecular complexity index is 1040. The van der Waals surface area contributed by atoms with Gasteiger partial charge in [-0.1, -0.05) is 36.4 Å². The van der Waals surface area contributed by atoms with Crippen LogP contribution in [-0.4, -0.2) is 28.2 Å². The molecule has 0 spiro atoms. The van der Waals surface area contributed by atoms with Crippen LogP contribution >= 0.6 is 0 Å². The Morgan fingerprint density at radius 2 is 1.75 bits per heavy atom. The third-order valence-corrected chi connectivity index (χ3v) is 3.81. The van der Waals surface area contributed by atoms with E-state index in [0.717, 1.165) is 27.8 Å². The number of carbonyl (C=O) groups is 1. The molecule has 0 unspecified atom stereocenters. The maximum Gasteiger partial charge on any atom is 0.354 e. The van der Waals surface area contributed by atoms with E-state index in [1.807, 2.05) is 60.7 Å². The van der Waals surface area contributed by atoms with Crippen LogP contribution in [0.3, 0.4) is 0 Å². The monoisotopic (exact) mass is 550 g/mol. The number of hydrogen-bond acceptors (Lipinski definition) is 4. The molecule has 0 amide bonds. The summed E-state index contributed by atoms with van der Waals surface area (Å²) in [5, 5.41) is 10.5. The first-order chi connectivity index (χ1) is 13.2. The van der Waals surface area contributed by atoms with E-state index in [1.54, 1.807) is 25.6 Å². The fourth-order valence-electron chi connectivity index (χ4n) is 2.42. The Morgan fingerprint density at radius 3 is 2.36 bits per heavy atom. The molecular weight excluding hydrogens is 532 g/mol. The molecule has 2 aromatic heterocycles. The largest absolute Gasteiger partial charge is 0.540 e. The molecule has 2 aromatic carbocycles. The number of carboxylic acids is 1. The first kappa shape index (κ1) is 21.2. The van der Waals surface area contributed by atoms with Gasteiger partial charge in [0.2, 0.25) is 0 Å². The second-order valence-electron chi connectivity index (χ2n) is 5.58. The molecule has 0 fully saturated rings. The molecule has 0 aliphatic carbocycles. The summed E-state index contributed by atoms with van der Waals surface area (Å²) in [7, 11) is 1.64. The Hall–Kier alpha value is -3.08. The minimum atomic E-state index is -0.995. The van der Waals surface area contributed by atoms with E-state index in [1.165, 1.54) is 0 Å². The number of methoxy groups -OCH3 is 1. The summed E-state index contributed by atoms with van der Waals surface area (Å²) < 4.78 is 5.05. The first-order valence-corrected chi connectivity index (χ1v) is 8.22. The average molecular weight is 550 g/mol. The molecule has 5 nitrogen and oxygen atoms in total. The van der Waals surface area contributed by atoms with Crippen LogP contribution in [0.4, 0.5) is 0 Å². The standard InChI is InChI=1S/C12H10NO.C10H7NO2.Ir/c1-14-11-7-5-10(6-8-11)12-4-2-3-9-13-12;12-10(13)9-5-7-3-1-2-4-8(7)6-11-9;/h2-5,7-9H,1H3;1-6H,(H,12,13);/q-1;;. The first-order valence-electron chi connectivity index (χ1n) is 8.22. The quantitative estimate of drug-likeness (QED) is 0.382. The zero-order valence-electron chi connectivity index (χ0n) is 15.0. The average Bonchev–Trinajstić information content (AvgIpc) is 2.74. The van der Waals surface area contributed by atoms with Gasteiger partial charge in [-0.2, -0.15) is 0 Å². The van der Waals surface area contributed by atoms with Crippen LogP contribution in [0.5, 0.6) is 5.75 Å². The van der Waals surface area contributed by atoms with Gasteiger partial charge in [0, 0.05) is 43.6 Å². The van der Waals surface area contributed by atoms with Gasteiger partial charge in [0.15, 0.2) is 0 Å². The van der Waals surface area contributed by atoms with E-state index < -0.39 is 5.97 Å². The maximum atomic E-state index is 10.6. The van der Waals surface area contributed by atoms with Crippen molar-refractivity contribution in [2.24, 2.45) is 0 Å². The number of aromatic carboxylic acids is 1. The van der Waals surface area contributed by atoms with Crippen LogP contribution in [0.25, 0.3) is 22.0 Å². The van der Waals surface area contributed by atoms with Crippen LogP contribution < -0.4 is 4.74 Å². The molecule has 0 atom stereocenters. The fraction of sp³-hybridized carbons (Fsp3) is 0.0455. The Labute approximate surface area is 176 Å². The summed E-state index contributed by atoms with van der Waals surface area (Å²) in [5.41, 5.74) is 1.99.